The van der Waals surface area contributed by atoms with Crippen LogP contribution in [0.1, 0.15) is 12.0 Å². The Balaban J connectivity index is 2.44. The van der Waals surface area contributed by atoms with Crippen molar-refractivity contribution in [3.05, 3.63) is 60.0 Å². The molecule has 0 saturated heterocycles. The van der Waals surface area contributed by atoms with Crippen LogP contribution in [0, 0.1) is 5.82 Å². The fourth-order valence-electron chi connectivity index (χ4n) is 1.91. The summed E-state index contributed by atoms with van der Waals surface area (Å²) < 4.78 is 43.3. The Morgan fingerprint density at radius 3 is 2.53 bits per heavy atom. The van der Waals surface area contributed by atoms with Gasteiger partial charge in [0.1, 0.15) is 11.4 Å². The SMILES string of the molecule is Fc1ccccc1C1(OC(F)F)C=CC=CC1. The molecule has 1 aliphatic carbocycles. The Morgan fingerprint density at radius 1 is 1.18 bits per heavy atom. The van der Waals surface area contributed by atoms with Gasteiger partial charge in [0.15, 0.2) is 0 Å². The molecule has 0 radical (unpaired) electrons. The summed E-state index contributed by atoms with van der Waals surface area (Å²) in [6.07, 6.45) is 6.62. The summed E-state index contributed by atoms with van der Waals surface area (Å²) in [5.41, 5.74) is -1.28. The van der Waals surface area contributed by atoms with Gasteiger partial charge in [-0.2, -0.15) is 8.78 Å². The van der Waals surface area contributed by atoms with Crippen molar-refractivity contribution in [2.75, 3.05) is 0 Å². The number of alkyl halides is 2. The first kappa shape index (κ1) is 11.9. The number of hydrogen-bond acceptors (Lipinski definition) is 1. The fraction of sp³-hybridized carbons (Fsp3) is 0.231. The molecule has 90 valence electrons. The van der Waals surface area contributed by atoms with Crippen LogP contribution in [0.4, 0.5) is 13.2 Å². The zero-order valence-electron chi connectivity index (χ0n) is 8.95. The minimum atomic E-state index is -2.95. The lowest BCUT2D eigenvalue weighted by Crippen LogP contribution is -2.31. The molecule has 4 heteroatoms. The average molecular weight is 240 g/mol. The quantitative estimate of drug-likeness (QED) is 0.781. The molecular weight excluding hydrogens is 229 g/mol. The van der Waals surface area contributed by atoms with Crippen LogP contribution in [0.15, 0.2) is 48.6 Å². The van der Waals surface area contributed by atoms with Gasteiger partial charge >= 0.3 is 6.61 Å². The summed E-state index contributed by atoms with van der Waals surface area (Å²) in [4.78, 5) is 0. The van der Waals surface area contributed by atoms with Crippen molar-refractivity contribution in [1.29, 1.82) is 0 Å². The van der Waals surface area contributed by atoms with E-state index in [1.807, 2.05) is 0 Å². The van der Waals surface area contributed by atoms with Crippen LogP contribution in [0.25, 0.3) is 0 Å². The summed E-state index contributed by atoms with van der Waals surface area (Å²) in [7, 11) is 0. The molecule has 0 bridgehead atoms. The lowest BCUT2D eigenvalue weighted by molar-refractivity contribution is -0.196. The van der Waals surface area contributed by atoms with Gasteiger partial charge in [-0.15, -0.1) is 0 Å². The zero-order valence-corrected chi connectivity index (χ0v) is 8.95. The van der Waals surface area contributed by atoms with E-state index in [1.165, 1.54) is 24.3 Å². The highest BCUT2D eigenvalue weighted by atomic mass is 19.3. The number of halogens is 3. The van der Waals surface area contributed by atoms with Gasteiger partial charge in [0.25, 0.3) is 0 Å². The Bertz CT molecular complexity index is 454. The Labute approximate surface area is 97.2 Å². The van der Waals surface area contributed by atoms with E-state index in [-0.39, 0.29) is 12.0 Å². The molecule has 1 aliphatic rings. The molecule has 0 aromatic heterocycles. The van der Waals surface area contributed by atoms with E-state index >= 15 is 0 Å². The standard InChI is InChI=1S/C13H11F3O/c14-11-7-3-2-6-10(11)13(17-12(15)16)8-4-1-5-9-13/h1-8,12H,9H2. The number of benzene rings is 1. The van der Waals surface area contributed by atoms with Crippen molar-refractivity contribution in [1.82, 2.24) is 0 Å². The van der Waals surface area contributed by atoms with E-state index in [9.17, 15) is 13.2 Å². The zero-order chi connectivity index (χ0) is 12.3. The van der Waals surface area contributed by atoms with Gasteiger partial charge in [0.05, 0.1) is 0 Å². The van der Waals surface area contributed by atoms with Gasteiger partial charge in [-0.05, 0) is 12.1 Å². The molecule has 0 fully saturated rings. The average Bonchev–Trinajstić information content (AvgIpc) is 2.29. The molecule has 1 aromatic carbocycles. The first-order chi connectivity index (χ1) is 8.14. The predicted octanol–water partition coefficient (Wildman–Crippen LogP) is 3.78. The van der Waals surface area contributed by atoms with Gasteiger partial charge in [-0.1, -0.05) is 36.4 Å². The molecule has 0 spiro atoms. The number of hydrogen-bond donors (Lipinski definition) is 0. The third kappa shape index (κ3) is 2.42. The molecule has 0 N–H and O–H groups in total. The number of rotatable bonds is 3. The molecule has 0 aliphatic heterocycles. The Kier molecular flexibility index (Phi) is 3.33. The van der Waals surface area contributed by atoms with Gasteiger partial charge in [0, 0.05) is 12.0 Å². The van der Waals surface area contributed by atoms with Crippen molar-refractivity contribution in [2.45, 2.75) is 18.6 Å². The molecule has 1 aromatic rings. The van der Waals surface area contributed by atoms with Crippen molar-refractivity contribution < 1.29 is 17.9 Å². The van der Waals surface area contributed by atoms with E-state index < -0.39 is 18.0 Å². The highest BCUT2D eigenvalue weighted by Gasteiger charge is 2.35. The van der Waals surface area contributed by atoms with E-state index in [4.69, 9.17) is 0 Å². The smallest absolute Gasteiger partial charge is 0.307 e. The minimum Gasteiger partial charge on any atom is -0.307 e. The molecular formula is C13H11F3O. The minimum absolute atomic E-state index is 0.126. The van der Waals surface area contributed by atoms with Gasteiger partial charge in [-0.25, -0.2) is 4.39 Å². The highest BCUT2D eigenvalue weighted by molar-refractivity contribution is 5.33. The third-order valence-corrected chi connectivity index (χ3v) is 2.66. The van der Waals surface area contributed by atoms with E-state index in [0.29, 0.717) is 0 Å². The molecule has 1 unspecified atom stereocenters. The maximum Gasteiger partial charge on any atom is 0.346 e. The summed E-state index contributed by atoms with van der Waals surface area (Å²) in [6, 6.07) is 5.80. The van der Waals surface area contributed by atoms with Crippen LogP contribution in [0.2, 0.25) is 0 Å². The van der Waals surface area contributed by atoms with Crippen molar-refractivity contribution >= 4 is 0 Å². The Morgan fingerprint density at radius 2 is 1.94 bits per heavy atom. The Hall–Kier alpha value is -1.55. The lowest BCUT2D eigenvalue weighted by Gasteiger charge is -2.31. The van der Waals surface area contributed by atoms with E-state index in [0.717, 1.165) is 0 Å². The van der Waals surface area contributed by atoms with E-state index in [2.05, 4.69) is 4.74 Å². The maximum absolute atomic E-state index is 13.7. The van der Waals surface area contributed by atoms with Crippen LogP contribution in [-0.4, -0.2) is 6.61 Å². The largest absolute Gasteiger partial charge is 0.346 e. The van der Waals surface area contributed by atoms with Gasteiger partial charge in [-0.3, -0.25) is 0 Å². The van der Waals surface area contributed by atoms with Crippen LogP contribution in [0.3, 0.4) is 0 Å². The van der Waals surface area contributed by atoms with Crippen molar-refractivity contribution in [2.24, 2.45) is 0 Å². The highest BCUT2D eigenvalue weighted by Crippen LogP contribution is 2.37. The number of ether oxygens (including phenoxy) is 1. The normalized spacial score (nSPS) is 23.3. The lowest BCUT2D eigenvalue weighted by atomic mass is 9.87. The van der Waals surface area contributed by atoms with Crippen molar-refractivity contribution in [3.8, 4) is 0 Å². The topological polar surface area (TPSA) is 9.23 Å². The summed E-state index contributed by atoms with van der Waals surface area (Å²) >= 11 is 0. The molecule has 1 nitrogen and oxygen atoms in total. The number of allylic oxidation sites excluding steroid dienone is 2. The van der Waals surface area contributed by atoms with Crippen LogP contribution < -0.4 is 0 Å². The fourth-order valence-corrected chi connectivity index (χ4v) is 1.91. The molecule has 0 heterocycles. The molecule has 1 atom stereocenters. The monoisotopic (exact) mass is 240 g/mol. The van der Waals surface area contributed by atoms with Crippen LogP contribution in [0.5, 0.6) is 0 Å². The van der Waals surface area contributed by atoms with Gasteiger partial charge in [0.2, 0.25) is 0 Å². The summed E-state index contributed by atoms with van der Waals surface area (Å²) in [6.45, 7) is -2.95. The second-order valence-corrected chi connectivity index (χ2v) is 3.74. The van der Waals surface area contributed by atoms with Crippen LogP contribution in [-0.2, 0) is 10.3 Å². The molecule has 0 saturated carbocycles. The first-order valence-electron chi connectivity index (χ1n) is 5.19. The van der Waals surface area contributed by atoms with Gasteiger partial charge < -0.3 is 4.74 Å². The molecule has 2 rings (SSSR count). The predicted molar refractivity (Wildman–Crippen MR) is 58.1 cm³/mol. The second-order valence-electron chi connectivity index (χ2n) is 3.74. The van der Waals surface area contributed by atoms with Crippen molar-refractivity contribution in [3.63, 3.8) is 0 Å². The summed E-state index contributed by atoms with van der Waals surface area (Å²) in [5.74, 6) is -0.548. The maximum atomic E-state index is 13.7. The first-order valence-corrected chi connectivity index (χ1v) is 5.19. The van der Waals surface area contributed by atoms with Crippen LogP contribution >= 0.6 is 0 Å². The van der Waals surface area contributed by atoms with E-state index in [1.54, 1.807) is 24.3 Å². The summed E-state index contributed by atoms with van der Waals surface area (Å²) in [5, 5.41) is 0. The molecule has 17 heavy (non-hydrogen) atoms. The molecule has 0 amide bonds. The second kappa shape index (κ2) is 4.75. The third-order valence-electron chi connectivity index (χ3n) is 2.66.